The van der Waals surface area contributed by atoms with Gasteiger partial charge in [-0.15, -0.1) is 0 Å². The number of aliphatic hydroxyl groups is 1. The Kier molecular flexibility index (Phi) is 2.97. The molecule has 0 spiro atoms. The molecule has 80 valence electrons. The van der Waals surface area contributed by atoms with E-state index in [2.05, 4.69) is 11.9 Å². The SMILES string of the molecule is C=C(CNC1CC(O)C1(C)C)C(=O)O. The van der Waals surface area contributed by atoms with Gasteiger partial charge >= 0.3 is 5.97 Å². The van der Waals surface area contributed by atoms with E-state index in [1.165, 1.54) is 0 Å². The smallest absolute Gasteiger partial charge is 0.332 e. The summed E-state index contributed by atoms with van der Waals surface area (Å²) in [5, 5.41) is 21.1. The number of rotatable bonds is 4. The maximum absolute atomic E-state index is 10.5. The van der Waals surface area contributed by atoms with Gasteiger partial charge in [-0.05, 0) is 6.42 Å². The maximum atomic E-state index is 10.5. The molecule has 0 amide bonds. The summed E-state index contributed by atoms with van der Waals surface area (Å²) in [6, 6.07) is 0.175. The standard InChI is InChI=1S/C10H17NO3/c1-6(9(13)14)5-11-7-4-8(12)10(7,2)3/h7-8,11-12H,1,4-5H2,2-3H3,(H,13,14). The van der Waals surface area contributed by atoms with E-state index in [4.69, 9.17) is 5.11 Å². The molecule has 3 N–H and O–H groups in total. The van der Waals surface area contributed by atoms with Gasteiger partial charge in [0.15, 0.2) is 0 Å². The molecule has 0 aromatic rings. The number of aliphatic carboxylic acids is 1. The average molecular weight is 199 g/mol. The van der Waals surface area contributed by atoms with E-state index < -0.39 is 5.97 Å². The van der Waals surface area contributed by atoms with Gasteiger partial charge in [0.05, 0.1) is 6.10 Å². The number of carbonyl (C=O) groups is 1. The molecule has 4 heteroatoms. The predicted molar refractivity (Wildman–Crippen MR) is 53.0 cm³/mol. The van der Waals surface area contributed by atoms with Gasteiger partial charge in [-0.25, -0.2) is 4.79 Å². The zero-order chi connectivity index (χ0) is 10.9. The molecule has 0 heterocycles. The molecule has 0 aromatic heterocycles. The lowest BCUT2D eigenvalue weighted by Gasteiger charge is -2.49. The summed E-state index contributed by atoms with van der Waals surface area (Å²) in [6.07, 6.45) is 0.387. The van der Waals surface area contributed by atoms with E-state index >= 15 is 0 Å². The van der Waals surface area contributed by atoms with Gasteiger partial charge in [0.2, 0.25) is 0 Å². The molecule has 0 bridgehead atoms. The number of carboxylic acids is 1. The second-order valence-electron chi connectivity index (χ2n) is 4.42. The highest BCUT2D eigenvalue weighted by molar-refractivity contribution is 5.86. The molecular formula is C10H17NO3. The van der Waals surface area contributed by atoms with Crippen molar-refractivity contribution in [2.24, 2.45) is 5.41 Å². The summed E-state index contributed by atoms with van der Waals surface area (Å²) < 4.78 is 0. The van der Waals surface area contributed by atoms with Crippen LogP contribution in [0.3, 0.4) is 0 Å². The van der Waals surface area contributed by atoms with E-state index in [1.54, 1.807) is 0 Å². The maximum Gasteiger partial charge on any atom is 0.332 e. The average Bonchev–Trinajstić information content (AvgIpc) is 2.11. The first-order valence-electron chi connectivity index (χ1n) is 4.68. The Balaban J connectivity index is 2.34. The zero-order valence-electron chi connectivity index (χ0n) is 8.58. The van der Waals surface area contributed by atoms with Crippen LogP contribution in [-0.2, 0) is 4.79 Å². The second-order valence-corrected chi connectivity index (χ2v) is 4.42. The lowest BCUT2D eigenvalue weighted by Crippen LogP contribution is -2.60. The molecule has 1 aliphatic carbocycles. The molecule has 1 aliphatic rings. The van der Waals surface area contributed by atoms with Crippen LogP contribution in [-0.4, -0.2) is 34.9 Å². The third-order valence-electron chi connectivity index (χ3n) is 3.08. The first-order valence-corrected chi connectivity index (χ1v) is 4.68. The minimum Gasteiger partial charge on any atom is -0.478 e. The summed E-state index contributed by atoms with van der Waals surface area (Å²) >= 11 is 0. The Morgan fingerprint density at radius 2 is 2.21 bits per heavy atom. The van der Waals surface area contributed by atoms with Crippen LogP contribution in [0.5, 0.6) is 0 Å². The van der Waals surface area contributed by atoms with Gasteiger partial charge in [-0.3, -0.25) is 0 Å². The third-order valence-corrected chi connectivity index (χ3v) is 3.08. The topological polar surface area (TPSA) is 69.6 Å². The molecule has 2 atom stereocenters. The van der Waals surface area contributed by atoms with Crippen LogP contribution >= 0.6 is 0 Å². The van der Waals surface area contributed by atoms with Crippen molar-refractivity contribution < 1.29 is 15.0 Å². The lowest BCUT2D eigenvalue weighted by atomic mass is 9.64. The zero-order valence-corrected chi connectivity index (χ0v) is 8.58. The Bertz CT molecular complexity index is 260. The second kappa shape index (κ2) is 3.71. The van der Waals surface area contributed by atoms with Gasteiger partial charge in [-0.1, -0.05) is 20.4 Å². The Hall–Kier alpha value is -0.870. The number of hydrogen-bond donors (Lipinski definition) is 3. The van der Waals surface area contributed by atoms with Crippen LogP contribution in [0.2, 0.25) is 0 Å². The highest BCUT2D eigenvalue weighted by atomic mass is 16.4. The van der Waals surface area contributed by atoms with Gasteiger partial charge in [0.1, 0.15) is 0 Å². The van der Waals surface area contributed by atoms with Gasteiger partial charge in [-0.2, -0.15) is 0 Å². The highest BCUT2D eigenvalue weighted by Crippen LogP contribution is 2.40. The first-order chi connectivity index (χ1) is 6.35. The molecule has 2 unspecified atom stereocenters. The first kappa shape index (κ1) is 11.2. The van der Waals surface area contributed by atoms with Crippen molar-refractivity contribution in [3.8, 4) is 0 Å². The molecule has 0 aromatic carbocycles. The van der Waals surface area contributed by atoms with Crippen LogP contribution in [0.4, 0.5) is 0 Å². The fraction of sp³-hybridized carbons (Fsp3) is 0.700. The highest BCUT2D eigenvalue weighted by Gasteiger charge is 2.46. The van der Waals surface area contributed by atoms with Gasteiger partial charge < -0.3 is 15.5 Å². The van der Waals surface area contributed by atoms with E-state index in [1.807, 2.05) is 13.8 Å². The molecule has 1 saturated carbocycles. The molecule has 4 nitrogen and oxygen atoms in total. The molecule has 0 radical (unpaired) electrons. The van der Waals surface area contributed by atoms with Crippen LogP contribution in [0.15, 0.2) is 12.2 Å². The van der Waals surface area contributed by atoms with Crippen molar-refractivity contribution >= 4 is 5.97 Å². The number of nitrogens with one attached hydrogen (secondary N) is 1. The Labute approximate surface area is 83.6 Å². The summed E-state index contributed by atoms with van der Waals surface area (Å²) in [5.41, 5.74) is -0.0131. The summed E-state index contributed by atoms with van der Waals surface area (Å²) in [4.78, 5) is 10.5. The fourth-order valence-electron chi connectivity index (χ4n) is 1.57. The van der Waals surface area contributed by atoms with Crippen molar-refractivity contribution in [3.63, 3.8) is 0 Å². The van der Waals surface area contributed by atoms with Crippen molar-refractivity contribution in [3.05, 3.63) is 12.2 Å². The summed E-state index contributed by atoms with van der Waals surface area (Å²) in [5.74, 6) is -0.977. The van der Waals surface area contributed by atoms with Crippen LogP contribution < -0.4 is 5.32 Å². The molecule has 0 saturated heterocycles. The van der Waals surface area contributed by atoms with Crippen molar-refractivity contribution in [2.45, 2.75) is 32.4 Å². The Morgan fingerprint density at radius 3 is 2.57 bits per heavy atom. The van der Waals surface area contributed by atoms with E-state index in [0.717, 1.165) is 0 Å². The van der Waals surface area contributed by atoms with Crippen LogP contribution in [0.25, 0.3) is 0 Å². The van der Waals surface area contributed by atoms with E-state index in [0.29, 0.717) is 6.42 Å². The van der Waals surface area contributed by atoms with Crippen LogP contribution in [0.1, 0.15) is 20.3 Å². The molecular weight excluding hydrogens is 182 g/mol. The van der Waals surface area contributed by atoms with Crippen molar-refractivity contribution in [2.75, 3.05) is 6.54 Å². The third kappa shape index (κ3) is 1.96. The van der Waals surface area contributed by atoms with Gasteiger partial charge in [0.25, 0.3) is 0 Å². The predicted octanol–water partition coefficient (Wildman–Crippen LogP) is 0.376. The summed E-state index contributed by atoms with van der Waals surface area (Å²) in [7, 11) is 0. The molecule has 1 fully saturated rings. The van der Waals surface area contributed by atoms with E-state index in [9.17, 15) is 9.90 Å². The minimum absolute atomic E-state index is 0.155. The number of carboxylic acid groups (broad SMARTS) is 1. The number of aliphatic hydroxyl groups excluding tert-OH is 1. The molecule has 14 heavy (non-hydrogen) atoms. The fourth-order valence-corrected chi connectivity index (χ4v) is 1.57. The molecule has 1 rings (SSSR count). The van der Waals surface area contributed by atoms with Gasteiger partial charge in [0, 0.05) is 23.6 Å². The lowest BCUT2D eigenvalue weighted by molar-refractivity contribution is -0.132. The normalized spacial score (nSPS) is 29.4. The van der Waals surface area contributed by atoms with E-state index in [-0.39, 0.29) is 29.7 Å². The largest absolute Gasteiger partial charge is 0.478 e. The Morgan fingerprint density at radius 1 is 1.64 bits per heavy atom. The van der Waals surface area contributed by atoms with Crippen molar-refractivity contribution in [1.82, 2.24) is 5.32 Å². The quantitative estimate of drug-likeness (QED) is 0.572. The monoisotopic (exact) mass is 199 g/mol. The summed E-state index contributed by atoms with van der Waals surface area (Å²) in [6.45, 7) is 7.62. The minimum atomic E-state index is -0.977. The molecule has 0 aliphatic heterocycles. The van der Waals surface area contributed by atoms with Crippen molar-refractivity contribution in [1.29, 1.82) is 0 Å². The number of hydrogen-bond acceptors (Lipinski definition) is 3. The van der Waals surface area contributed by atoms with Crippen LogP contribution in [0, 0.1) is 5.41 Å².